The van der Waals surface area contributed by atoms with Gasteiger partial charge in [0.15, 0.2) is 11.5 Å². The van der Waals surface area contributed by atoms with Crippen LogP contribution in [0.3, 0.4) is 0 Å². The van der Waals surface area contributed by atoms with Crippen molar-refractivity contribution in [1.29, 1.82) is 0 Å². The molecule has 0 aliphatic carbocycles. The molecule has 0 saturated carbocycles. The maximum Gasteiger partial charge on any atom is 0.192 e. The molecule has 0 atom stereocenters. The van der Waals surface area contributed by atoms with Gasteiger partial charge in [-0.2, -0.15) is 0 Å². The first kappa shape index (κ1) is 10.4. The Kier molecular flexibility index (Phi) is 3.21. The number of aryl methyl sites for hydroxylation is 1. The summed E-state index contributed by atoms with van der Waals surface area (Å²) in [6.45, 7) is 1.86. The number of oxazole rings is 1. The highest BCUT2D eigenvalue weighted by molar-refractivity contribution is 9.09. The van der Waals surface area contributed by atoms with Crippen molar-refractivity contribution in [2.75, 3.05) is 5.33 Å². The summed E-state index contributed by atoms with van der Waals surface area (Å²) >= 11 is 3.39. The molecule has 0 aliphatic rings. The smallest absolute Gasteiger partial charge is 0.192 e. The Morgan fingerprint density at radius 3 is 3.13 bits per heavy atom. The van der Waals surface area contributed by atoms with Crippen LogP contribution in [-0.4, -0.2) is 10.3 Å². The first-order chi connectivity index (χ1) is 7.29. The van der Waals surface area contributed by atoms with Crippen molar-refractivity contribution in [3.8, 4) is 0 Å². The number of benzene rings is 1. The van der Waals surface area contributed by atoms with Gasteiger partial charge in [-0.15, -0.1) is 0 Å². The number of rotatable bonds is 3. The van der Waals surface area contributed by atoms with E-state index in [2.05, 4.69) is 39.1 Å². The summed E-state index contributed by atoms with van der Waals surface area (Å²) in [7, 11) is 0. The number of halogens is 1. The summed E-state index contributed by atoms with van der Waals surface area (Å²) in [5.74, 6) is 0.714. The maximum atomic E-state index is 5.46. The standard InChI is InChI=1S/C12H12BrNO/c1-9-14-11-6-5-10(4-2-3-7-13)8-12(11)15-9/h2,4-6,8H,3,7H2,1H3. The molecule has 78 valence electrons. The second-order valence-corrected chi connectivity index (χ2v) is 4.13. The Bertz CT molecular complexity index is 487. The van der Waals surface area contributed by atoms with E-state index in [-0.39, 0.29) is 0 Å². The molecule has 0 unspecified atom stereocenters. The van der Waals surface area contributed by atoms with Gasteiger partial charge in [0.05, 0.1) is 0 Å². The van der Waals surface area contributed by atoms with Gasteiger partial charge >= 0.3 is 0 Å². The molecule has 0 bridgehead atoms. The van der Waals surface area contributed by atoms with Crippen molar-refractivity contribution in [3.05, 3.63) is 35.7 Å². The van der Waals surface area contributed by atoms with E-state index in [9.17, 15) is 0 Å². The highest BCUT2D eigenvalue weighted by atomic mass is 79.9. The number of aromatic nitrogens is 1. The molecule has 1 heterocycles. The minimum Gasteiger partial charge on any atom is -0.441 e. The first-order valence-electron chi connectivity index (χ1n) is 4.89. The summed E-state index contributed by atoms with van der Waals surface area (Å²) in [5, 5.41) is 0.993. The minimum absolute atomic E-state index is 0.714. The van der Waals surface area contributed by atoms with E-state index in [0.717, 1.165) is 28.4 Å². The second-order valence-electron chi connectivity index (χ2n) is 3.34. The Morgan fingerprint density at radius 1 is 1.47 bits per heavy atom. The monoisotopic (exact) mass is 265 g/mol. The SMILES string of the molecule is Cc1nc2ccc(C=CCCBr)cc2o1. The van der Waals surface area contributed by atoms with Crippen LogP contribution in [0.15, 0.2) is 28.7 Å². The Balaban J connectivity index is 2.30. The predicted octanol–water partition coefficient (Wildman–Crippen LogP) is 3.93. The van der Waals surface area contributed by atoms with Crippen molar-refractivity contribution >= 4 is 33.1 Å². The molecule has 0 radical (unpaired) electrons. The Hall–Kier alpha value is -1.09. The van der Waals surface area contributed by atoms with Crippen molar-refractivity contribution < 1.29 is 4.42 Å². The summed E-state index contributed by atoms with van der Waals surface area (Å²) in [4.78, 5) is 4.25. The first-order valence-corrected chi connectivity index (χ1v) is 6.01. The minimum atomic E-state index is 0.714. The Labute approximate surface area is 97.1 Å². The molecule has 3 heteroatoms. The highest BCUT2D eigenvalue weighted by Gasteiger charge is 2.00. The fraction of sp³-hybridized carbons (Fsp3) is 0.250. The van der Waals surface area contributed by atoms with E-state index in [1.165, 1.54) is 0 Å². The highest BCUT2D eigenvalue weighted by Crippen LogP contribution is 2.17. The van der Waals surface area contributed by atoms with Crippen LogP contribution in [0, 0.1) is 6.92 Å². The van der Waals surface area contributed by atoms with Crippen molar-refractivity contribution in [3.63, 3.8) is 0 Å². The summed E-state index contributed by atoms with van der Waals surface area (Å²) in [6.07, 6.45) is 5.27. The molecule has 2 rings (SSSR count). The topological polar surface area (TPSA) is 26.0 Å². The van der Waals surface area contributed by atoms with E-state index in [4.69, 9.17) is 4.42 Å². The van der Waals surface area contributed by atoms with Crippen LogP contribution in [0.5, 0.6) is 0 Å². The van der Waals surface area contributed by atoms with Gasteiger partial charge in [0.25, 0.3) is 0 Å². The average molecular weight is 266 g/mol. The van der Waals surface area contributed by atoms with Gasteiger partial charge in [-0.3, -0.25) is 0 Å². The van der Waals surface area contributed by atoms with Crippen molar-refractivity contribution in [1.82, 2.24) is 4.98 Å². The van der Waals surface area contributed by atoms with Gasteiger partial charge in [0.2, 0.25) is 0 Å². The molecular formula is C12H12BrNO. The van der Waals surface area contributed by atoms with Gasteiger partial charge in [-0.25, -0.2) is 4.98 Å². The van der Waals surface area contributed by atoms with Gasteiger partial charge in [-0.1, -0.05) is 34.1 Å². The largest absolute Gasteiger partial charge is 0.441 e. The molecule has 2 aromatic rings. The molecule has 2 nitrogen and oxygen atoms in total. The van der Waals surface area contributed by atoms with Crippen molar-refractivity contribution in [2.45, 2.75) is 13.3 Å². The van der Waals surface area contributed by atoms with Crippen LogP contribution >= 0.6 is 15.9 Å². The molecule has 1 aromatic carbocycles. The van der Waals surface area contributed by atoms with Crippen LogP contribution in [-0.2, 0) is 0 Å². The van der Waals surface area contributed by atoms with E-state index < -0.39 is 0 Å². The normalized spacial score (nSPS) is 11.6. The van der Waals surface area contributed by atoms with E-state index in [1.807, 2.05) is 19.1 Å². The number of nitrogens with zero attached hydrogens (tertiary/aromatic N) is 1. The third kappa shape index (κ3) is 2.48. The van der Waals surface area contributed by atoms with Crippen LogP contribution in [0.25, 0.3) is 17.2 Å². The maximum absolute atomic E-state index is 5.46. The van der Waals surface area contributed by atoms with Crippen LogP contribution < -0.4 is 0 Å². The van der Waals surface area contributed by atoms with E-state index >= 15 is 0 Å². The number of allylic oxidation sites excluding steroid dienone is 1. The molecule has 1 aromatic heterocycles. The zero-order chi connectivity index (χ0) is 10.7. The number of hydrogen-bond donors (Lipinski definition) is 0. The molecule has 0 spiro atoms. The molecule has 0 amide bonds. The number of alkyl halides is 1. The van der Waals surface area contributed by atoms with Gasteiger partial charge in [-0.05, 0) is 24.1 Å². The van der Waals surface area contributed by atoms with E-state index in [1.54, 1.807) is 0 Å². The predicted molar refractivity (Wildman–Crippen MR) is 66.2 cm³/mol. The molecule has 0 fully saturated rings. The van der Waals surface area contributed by atoms with Gasteiger partial charge < -0.3 is 4.42 Å². The lowest BCUT2D eigenvalue weighted by molar-refractivity contribution is 0.561. The average Bonchev–Trinajstić information content (AvgIpc) is 2.57. The third-order valence-electron chi connectivity index (χ3n) is 2.11. The van der Waals surface area contributed by atoms with Crippen molar-refractivity contribution in [2.24, 2.45) is 0 Å². The lowest BCUT2D eigenvalue weighted by Crippen LogP contribution is -1.73. The fourth-order valence-corrected chi connectivity index (χ4v) is 1.71. The molecule has 15 heavy (non-hydrogen) atoms. The van der Waals surface area contributed by atoms with Gasteiger partial charge in [0, 0.05) is 12.3 Å². The molecule has 0 N–H and O–H groups in total. The van der Waals surface area contributed by atoms with Gasteiger partial charge in [0.1, 0.15) is 5.52 Å². The fourth-order valence-electron chi connectivity index (χ4n) is 1.44. The molecular weight excluding hydrogens is 254 g/mol. The molecule has 0 saturated heterocycles. The van der Waals surface area contributed by atoms with Crippen LogP contribution in [0.4, 0.5) is 0 Å². The number of fused-ring (bicyclic) bond motifs is 1. The number of hydrogen-bond acceptors (Lipinski definition) is 2. The zero-order valence-electron chi connectivity index (χ0n) is 8.53. The summed E-state index contributed by atoms with van der Waals surface area (Å²) in [5.41, 5.74) is 2.93. The van der Waals surface area contributed by atoms with Crippen LogP contribution in [0.1, 0.15) is 17.9 Å². The quantitative estimate of drug-likeness (QED) is 0.786. The lowest BCUT2D eigenvalue weighted by atomic mass is 10.2. The molecule has 0 aliphatic heterocycles. The second kappa shape index (κ2) is 4.62. The third-order valence-corrected chi connectivity index (χ3v) is 2.56. The van der Waals surface area contributed by atoms with E-state index in [0.29, 0.717) is 5.89 Å². The summed E-state index contributed by atoms with van der Waals surface area (Å²) < 4.78 is 5.46. The Morgan fingerprint density at radius 2 is 2.33 bits per heavy atom. The lowest BCUT2D eigenvalue weighted by Gasteiger charge is -1.92. The van der Waals surface area contributed by atoms with Crippen LogP contribution in [0.2, 0.25) is 0 Å². The zero-order valence-corrected chi connectivity index (χ0v) is 10.1. The summed E-state index contributed by atoms with van der Waals surface area (Å²) in [6, 6.07) is 6.05.